The summed E-state index contributed by atoms with van der Waals surface area (Å²) in [6, 6.07) is 1.65. The highest BCUT2D eigenvalue weighted by Crippen LogP contribution is 2.17. The third-order valence-corrected chi connectivity index (χ3v) is 3.22. The molecule has 0 aromatic rings. The van der Waals surface area contributed by atoms with Gasteiger partial charge >= 0.3 is 0 Å². The van der Waals surface area contributed by atoms with Crippen LogP contribution in [0, 0.1) is 0 Å². The quantitative estimate of drug-likeness (QED) is 0.601. The van der Waals surface area contributed by atoms with E-state index in [1.165, 1.54) is 30.1 Å². The Labute approximate surface area is 77.1 Å². The van der Waals surface area contributed by atoms with Crippen molar-refractivity contribution in [3.05, 3.63) is 0 Å². The second-order valence-electron chi connectivity index (χ2n) is 3.08. The van der Waals surface area contributed by atoms with E-state index < -0.39 is 0 Å². The van der Waals surface area contributed by atoms with Crippen molar-refractivity contribution in [3.8, 4) is 0 Å². The third-order valence-electron chi connectivity index (χ3n) is 2.16. The maximum Gasteiger partial charge on any atom is 0.0160 e. The summed E-state index contributed by atoms with van der Waals surface area (Å²) in [5.41, 5.74) is 0. The molecule has 10 heavy (non-hydrogen) atoms. The lowest BCUT2D eigenvalue weighted by Gasteiger charge is -2.10. The fraction of sp³-hybridized carbons (Fsp3) is 1.00. The first-order chi connectivity index (χ1) is 4.86. The molecule has 0 aromatic carbocycles. The molecule has 1 nitrogen and oxygen atoms in total. The Balaban J connectivity index is 2.15. The molecule has 2 atom stereocenters. The van der Waals surface area contributed by atoms with E-state index in [-0.39, 0.29) is 0 Å². The molecule has 1 fully saturated rings. The number of halogens is 1. The van der Waals surface area contributed by atoms with Crippen LogP contribution in [0.5, 0.6) is 0 Å². The minimum absolute atomic E-state index is 0.817. The van der Waals surface area contributed by atoms with Gasteiger partial charge in [-0.25, -0.2) is 0 Å². The highest BCUT2D eigenvalue weighted by Gasteiger charge is 2.20. The molecule has 0 spiro atoms. The zero-order chi connectivity index (χ0) is 7.40. The largest absolute Gasteiger partial charge is 0.310 e. The van der Waals surface area contributed by atoms with E-state index in [1.807, 2.05) is 0 Å². The first-order valence-electron chi connectivity index (χ1n) is 4.18. The summed E-state index contributed by atoms with van der Waals surface area (Å²) < 4.78 is 1.28. The van der Waals surface area contributed by atoms with E-state index in [1.54, 1.807) is 0 Å². The number of alkyl halides is 1. The van der Waals surface area contributed by atoms with Crippen LogP contribution in [0.2, 0.25) is 0 Å². The van der Waals surface area contributed by atoms with E-state index in [9.17, 15) is 0 Å². The van der Waals surface area contributed by atoms with Gasteiger partial charge in [0.15, 0.2) is 0 Å². The number of nitrogens with one attached hydrogen (secondary N) is 1. The molecule has 1 rings (SSSR count). The van der Waals surface area contributed by atoms with Gasteiger partial charge < -0.3 is 5.32 Å². The monoisotopic (exact) mass is 253 g/mol. The van der Waals surface area contributed by atoms with Crippen molar-refractivity contribution in [1.29, 1.82) is 0 Å². The van der Waals surface area contributed by atoms with Gasteiger partial charge in [-0.2, -0.15) is 0 Å². The smallest absolute Gasteiger partial charge is 0.0160 e. The average Bonchev–Trinajstić information content (AvgIpc) is 2.37. The molecule has 1 saturated heterocycles. The Hall–Kier alpha value is 0.690. The first-order valence-corrected chi connectivity index (χ1v) is 5.71. The highest BCUT2D eigenvalue weighted by atomic mass is 127. The van der Waals surface area contributed by atoms with Gasteiger partial charge in [0.25, 0.3) is 0 Å². The first kappa shape index (κ1) is 8.78. The van der Waals surface area contributed by atoms with Crippen molar-refractivity contribution in [2.24, 2.45) is 0 Å². The molecule has 0 unspecified atom stereocenters. The fourth-order valence-corrected chi connectivity index (χ4v) is 2.29. The van der Waals surface area contributed by atoms with Crippen LogP contribution in [0.3, 0.4) is 0 Å². The number of hydrogen-bond donors (Lipinski definition) is 1. The Morgan fingerprint density at radius 3 is 2.60 bits per heavy atom. The average molecular weight is 253 g/mol. The van der Waals surface area contributed by atoms with Crippen molar-refractivity contribution in [3.63, 3.8) is 0 Å². The lowest BCUT2D eigenvalue weighted by molar-refractivity contribution is 0.526. The van der Waals surface area contributed by atoms with Gasteiger partial charge in [0.05, 0.1) is 0 Å². The molecule has 1 aliphatic rings. The SMILES string of the molecule is CCC[C@H]1CC[C@H](CI)N1. The van der Waals surface area contributed by atoms with Crippen molar-refractivity contribution in [2.45, 2.75) is 44.7 Å². The normalized spacial score (nSPS) is 33.0. The van der Waals surface area contributed by atoms with E-state index in [2.05, 4.69) is 34.8 Å². The molecule has 0 amide bonds. The van der Waals surface area contributed by atoms with Crippen LogP contribution in [0.25, 0.3) is 0 Å². The van der Waals surface area contributed by atoms with Gasteiger partial charge in [-0.1, -0.05) is 35.9 Å². The minimum atomic E-state index is 0.817. The van der Waals surface area contributed by atoms with Crippen LogP contribution in [-0.4, -0.2) is 16.5 Å². The molecule has 0 bridgehead atoms. The lowest BCUT2D eigenvalue weighted by atomic mass is 10.1. The molecule has 0 saturated carbocycles. The van der Waals surface area contributed by atoms with Crippen LogP contribution in [0.15, 0.2) is 0 Å². The van der Waals surface area contributed by atoms with Crippen LogP contribution in [0.4, 0.5) is 0 Å². The van der Waals surface area contributed by atoms with Gasteiger partial charge in [-0.05, 0) is 19.3 Å². The molecular weight excluding hydrogens is 237 g/mol. The van der Waals surface area contributed by atoms with Crippen molar-refractivity contribution >= 4 is 22.6 Å². The Morgan fingerprint density at radius 1 is 1.40 bits per heavy atom. The molecule has 0 aliphatic carbocycles. The van der Waals surface area contributed by atoms with Gasteiger partial charge in [-0.3, -0.25) is 0 Å². The number of rotatable bonds is 3. The summed E-state index contributed by atoms with van der Waals surface area (Å²) in [5.74, 6) is 0. The van der Waals surface area contributed by atoms with Gasteiger partial charge in [0, 0.05) is 16.5 Å². The molecule has 2 heteroatoms. The molecule has 1 heterocycles. The molecule has 1 aliphatic heterocycles. The summed E-state index contributed by atoms with van der Waals surface area (Å²) in [6.07, 6.45) is 5.49. The number of hydrogen-bond acceptors (Lipinski definition) is 1. The topological polar surface area (TPSA) is 12.0 Å². The predicted octanol–water partition coefficient (Wildman–Crippen LogP) is 2.34. The third kappa shape index (κ3) is 2.38. The maximum absolute atomic E-state index is 3.63. The van der Waals surface area contributed by atoms with Gasteiger partial charge in [0.2, 0.25) is 0 Å². The molecule has 60 valence electrons. The zero-order valence-electron chi connectivity index (χ0n) is 6.57. The zero-order valence-corrected chi connectivity index (χ0v) is 8.73. The predicted molar refractivity (Wildman–Crippen MR) is 53.7 cm³/mol. The standard InChI is InChI=1S/C8H16IN/c1-2-3-7-4-5-8(6-9)10-7/h7-8,10H,2-6H2,1H3/t7-,8+/m0/s1. The molecule has 1 N–H and O–H groups in total. The second-order valence-corrected chi connectivity index (χ2v) is 3.96. The highest BCUT2D eigenvalue weighted by molar-refractivity contribution is 14.1. The Kier molecular flexibility index (Phi) is 3.99. The Bertz CT molecular complexity index is 95.3. The van der Waals surface area contributed by atoms with E-state index in [0.29, 0.717) is 0 Å². The van der Waals surface area contributed by atoms with E-state index in [4.69, 9.17) is 0 Å². The second kappa shape index (κ2) is 4.54. The summed E-state index contributed by atoms with van der Waals surface area (Å²) >= 11 is 2.47. The van der Waals surface area contributed by atoms with E-state index >= 15 is 0 Å². The maximum atomic E-state index is 3.63. The van der Waals surface area contributed by atoms with Crippen molar-refractivity contribution in [1.82, 2.24) is 5.32 Å². The molecule has 0 aromatic heterocycles. The molecular formula is C8H16IN. The Morgan fingerprint density at radius 2 is 2.10 bits per heavy atom. The van der Waals surface area contributed by atoms with Crippen molar-refractivity contribution in [2.75, 3.05) is 4.43 Å². The van der Waals surface area contributed by atoms with Crippen LogP contribution >= 0.6 is 22.6 Å². The minimum Gasteiger partial charge on any atom is -0.310 e. The van der Waals surface area contributed by atoms with Crippen LogP contribution in [-0.2, 0) is 0 Å². The summed E-state index contributed by atoms with van der Waals surface area (Å²) in [5, 5.41) is 3.63. The van der Waals surface area contributed by atoms with Crippen molar-refractivity contribution < 1.29 is 0 Å². The van der Waals surface area contributed by atoms with Crippen LogP contribution in [0.1, 0.15) is 32.6 Å². The summed E-state index contributed by atoms with van der Waals surface area (Å²) in [7, 11) is 0. The van der Waals surface area contributed by atoms with Crippen LogP contribution < -0.4 is 5.32 Å². The summed E-state index contributed by atoms with van der Waals surface area (Å²) in [6.45, 7) is 2.26. The molecule has 0 radical (unpaired) electrons. The lowest BCUT2D eigenvalue weighted by Crippen LogP contribution is -2.29. The van der Waals surface area contributed by atoms with Gasteiger partial charge in [-0.15, -0.1) is 0 Å². The van der Waals surface area contributed by atoms with Gasteiger partial charge in [0.1, 0.15) is 0 Å². The summed E-state index contributed by atoms with van der Waals surface area (Å²) in [4.78, 5) is 0. The van der Waals surface area contributed by atoms with E-state index in [0.717, 1.165) is 12.1 Å². The fourth-order valence-electron chi connectivity index (χ4n) is 1.60.